The Morgan fingerprint density at radius 1 is 1.14 bits per heavy atom. The summed E-state index contributed by atoms with van der Waals surface area (Å²) in [5.74, 6) is 3.54. The summed E-state index contributed by atoms with van der Waals surface area (Å²) in [6.45, 7) is 12.7. The summed E-state index contributed by atoms with van der Waals surface area (Å²) in [7, 11) is -1.55. The van der Waals surface area contributed by atoms with Crippen LogP contribution in [0.3, 0.4) is 0 Å². The Balaban J connectivity index is 1.79. The highest BCUT2D eigenvalue weighted by molar-refractivity contribution is 8.22. The molecule has 0 amide bonds. The fraction of sp³-hybridized carbons (Fsp3) is 0.889. The molecule has 1 nitrogen and oxygen atoms in total. The predicted octanol–water partition coefficient (Wildman–Crippen LogP) is 6.67. The third-order valence-corrected chi connectivity index (χ3v) is 12.8. The third-order valence-electron chi connectivity index (χ3n) is 5.47. The first-order valence-corrected chi connectivity index (χ1v) is 13.8. The van der Waals surface area contributed by atoms with Gasteiger partial charge in [-0.05, 0) is 79.7 Å². The Bertz CT molecular complexity index is 390. The van der Waals surface area contributed by atoms with Gasteiger partial charge in [-0.25, -0.2) is 0 Å². The molecular formula is C18H34OS2Si. The molecule has 1 aliphatic carbocycles. The summed E-state index contributed by atoms with van der Waals surface area (Å²) in [4.78, 5) is 0. The topological polar surface area (TPSA) is 9.23 Å². The van der Waals surface area contributed by atoms with Crippen molar-refractivity contribution < 1.29 is 4.43 Å². The first-order valence-electron chi connectivity index (χ1n) is 8.94. The molecule has 4 heteroatoms. The molecule has 2 rings (SSSR count). The molecule has 0 aromatic rings. The fourth-order valence-corrected chi connectivity index (χ4v) is 6.95. The zero-order valence-corrected chi connectivity index (χ0v) is 17.8. The van der Waals surface area contributed by atoms with Gasteiger partial charge in [0.15, 0.2) is 8.32 Å². The van der Waals surface area contributed by atoms with E-state index in [2.05, 4.69) is 57.4 Å². The van der Waals surface area contributed by atoms with Crippen LogP contribution in [0, 0.1) is 5.92 Å². The first kappa shape index (κ1) is 18.9. The van der Waals surface area contributed by atoms with Gasteiger partial charge in [0.25, 0.3) is 0 Å². The first-order chi connectivity index (χ1) is 10.3. The minimum Gasteiger partial charge on any atom is -0.417 e. The number of rotatable bonds is 5. The zero-order chi connectivity index (χ0) is 16.2. The van der Waals surface area contributed by atoms with Crippen molar-refractivity contribution in [2.45, 2.75) is 77.4 Å². The zero-order valence-electron chi connectivity index (χ0n) is 15.2. The summed E-state index contributed by atoms with van der Waals surface area (Å²) in [5, 5.41) is 0.336. The van der Waals surface area contributed by atoms with Crippen LogP contribution in [0.2, 0.25) is 18.1 Å². The van der Waals surface area contributed by atoms with Crippen molar-refractivity contribution in [3.05, 3.63) is 9.81 Å². The van der Waals surface area contributed by atoms with Crippen LogP contribution in [0.15, 0.2) is 9.81 Å². The van der Waals surface area contributed by atoms with Crippen molar-refractivity contribution in [3.8, 4) is 0 Å². The Hall–Kier alpha value is 0.617. The van der Waals surface area contributed by atoms with Gasteiger partial charge in [0.05, 0.1) is 0 Å². The Labute approximate surface area is 147 Å². The highest BCUT2D eigenvalue weighted by atomic mass is 32.2. The standard InChI is InChI=1S/C18H34OS2Si/c1-18(2,3)22(4,5)19-12-7-10-15-9-6-11-16(15)17-20-13-8-14-21-17/h15H,6-14H2,1-5H3. The van der Waals surface area contributed by atoms with Crippen LogP contribution in [-0.2, 0) is 4.43 Å². The van der Waals surface area contributed by atoms with Gasteiger partial charge in [0, 0.05) is 10.8 Å². The average molecular weight is 359 g/mol. The molecule has 1 saturated heterocycles. The van der Waals surface area contributed by atoms with Crippen LogP contribution in [0.5, 0.6) is 0 Å². The van der Waals surface area contributed by atoms with Crippen molar-refractivity contribution in [1.29, 1.82) is 0 Å². The van der Waals surface area contributed by atoms with Crippen molar-refractivity contribution >= 4 is 31.8 Å². The predicted molar refractivity (Wildman–Crippen MR) is 106 cm³/mol. The van der Waals surface area contributed by atoms with E-state index >= 15 is 0 Å². The summed E-state index contributed by atoms with van der Waals surface area (Å²) in [6, 6.07) is 0. The highest BCUT2D eigenvalue weighted by Crippen LogP contribution is 2.46. The van der Waals surface area contributed by atoms with E-state index in [-0.39, 0.29) is 0 Å². The molecule has 1 heterocycles. The number of hydrogen-bond acceptors (Lipinski definition) is 3. The van der Waals surface area contributed by atoms with Crippen LogP contribution in [-0.4, -0.2) is 26.4 Å². The highest BCUT2D eigenvalue weighted by Gasteiger charge is 2.37. The van der Waals surface area contributed by atoms with E-state index in [9.17, 15) is 0 Å². The smallest absolute Gasteiger partial charge is 0.191 e. The van der Waals surface area contributed by atoms with Gasteiger partial charge >= 0.3 is 0 Å². The molecule has 128 valence electrons. The molecule has 0 aromatic carbocycles. The van der Waals surface area contributed by atoms with Crippen molar-refractivity contribution in [2.75, 3.05) is 18.1 Å². The van der Waals surface area contributed by atoms with E-state index in [0.717, 1.165) is 12.5 Å². The van der Waals surface area contributed by atoms with Crippen molar-refractivity contribution in [2.24, 2.45) is 5.92 Å². The van der Waals surface area contributed by atoms with E-state index < -0.39 is 8.32 Å². The van der Waals surface area contributed by atoms with E-state index in [1.54, 1.807) is 4.24 Å². The minimum absolute atomic E-state index is 0.336. The lowest BCUT2D eigenvalue weighted by molar-refractivity contribution is 0.272. The quantitative estimate of drug-likeness (QED) is 0.401. The molecule has 22 heavy (non-hydrogen) atoms. The average Bonchev–Trinajstić information content (AvgIpc) is 2.92. The lowest BCUT2D eigenvalue weighted by Crippen LogP contribution is -2.41. The molecule has 0 bridgehead atoms. The maximum Gasteiger partial charge on any atom is 0.191 e. The summed E-state index contributed by atoms with van der Waals surface area (Å²) in [5.41, 5.74) is 1.81. The number of thioether (sulfide) groups is 2. The molecule has 2 aliphatic rings. The van der Waals surface area contributed by atoms with Crippen LogP contribution in [0.25, 0.3) is 0 Å². The van der Waals surface area contributed by atoms with Crippen molar-refractivity contribution in [1.82, 2.24) is 0 Å². The SMILES string of the molecule is CC(C)(C)[Si](C)(C)OCCCC1CCCC1=C1SCCCS1. The van der Waals surface area contributed by atoms with Gasteiger partial charge in [-0.15, -0.1) is 23.5 Å². The van der Waals surface area contributed by atoms with Gasteiger partial charge in [0.2, 0.25) is 0 Å². The van der Waals surface area contributed by atoms with Crippen LogP contribution < -0.4 is 0 Å². The lowest BCUT2D eigenvalue weighted by atomic mass is 9.98. The van der Waals surface area contributed by atoms with Gasteiger partial charge in [-0.1, -0.05) is 20.8 Å². The van der Waals surface area contributed by atoms with Crippen molar-refractivity contribution in [3.63, 3.8) is 0 Å². The Kier molecular flexibility index (Phi) is 7.00. The summed E-state index contributed by atoms with van der Waals surface area (Å²) in [6.07, 6.45) is 8.16. The molecule has 1 unspecified atom stereocenters. The molecule has 1 aliphatic heterocycles. The monoisotopic (exact) mass is 358 g/mol. The normalized spacial score (nSPS) is 24.1. The van der Waals surface area contributed by atoms with Gasteiger partial charge in [0.1, 0.15) is 0 Å². The van der Waals surface area contributed by atoms with Crippen LogP contribution in [0.1, 0.15) is 59.3 Å². The summed E-state index contributed by atoms with van der Waals surface area (Å²) >= 11 is 4.26. The second-order valence-corrected chi connectivity index (χ2v) is 15.5. The van der Waals surface area contributed by atoms with E-state index in [1.165, 1.54) is 50.0 Å². The Morgan fingerprint density at radius 2 is 1.82 bits per heavy atom. The van der Waals surface area contributed by atoms with Gasteiger partial charge < -0.3 is 4.43 Å². The van der Waals surface area contributed by atoms with Crippen LogP contribution >= 0.6 is 23.5 Å². The number of hydrogen-bond donors (Lipinski definition) is 0. The molecule has 1 atom stereocenters. The molecule has 0 spiro atoms. The number of allylic oxidation sites excluding steroid dienone is 1. The van der Waals surface area contributed by atoms with Gasteiger partial charge in [-0.3, -0.25) is 0 Å². The second-order valence-electron chi connectivity index (χ2n) is 8.20. The van der Waals surface area contributed by atoms with E-state index in [4.69, 9.17) is 4.43 Å². The Morgan fingerprint density at radius 3 is 2.45 bits per heavy atom. The minimum atomic E-state index is -1.55. The third kappa shape index (κ3) is 5.06. The molecule has 0 N–H and O–H groups in total. The molecular weight excluding hydrogens is 324 g/mol. The molecule has 1 saturated carbocycles. The maximum absolute atomic E-state index is 6.35. The maximum atomic E-state index is 6.35. The molecule has 0 radical (unpaired) electrons. The van der Waals surface area contributed by atoms with E-state index in [1.807, 2.05) is 5.57 Å². The van der Waals surface area contributed by atoms with E-state index in [0.29, 0.717) is 5.04 Å². The summed E-state index contributed by atoms with van der Waals surface area (Å²) < 4.78 is 8.04. The largest absolute Gasteiger partial charge is 0.417 e. The van der Waals surface area contributed by atoms with Gasteiger partial charge in [-0.2, -0.15) is 0 Å². The fourth-order valence-electron chi connectivity index (χ4n) is 2.99. The lowest BCUT2D eigenvalue weighted by Gasteiger charge is -2.36. The second kappa shape index (κ2) is 8.13. The molecule has 2 fully saturated rings. The van der Waals surface area contributed by atoms with Crippen LogP contribution in [0.4, 0.5) is 0 Å². The molecule has 0 aromatic heterocycles.